The number of hydrogen-bond donors (Lipinski definition) is 0. The summed E-state index contributed by atoms with van der Waals surface area (Å²) in [7, 11) is -2.96. The monoisotopic (exact) mass is 568 g/mol. The molecular weight excluding hydrogens is 525 g/mol. The van der Waals surface area contributed by atoms with Crippen LogP contribution in [0.5, 0.6) is 0 Å². The number of rotatable bonds is 14. The molecule has 0 spiro atoms. The number of ether oxygens (including phenoxy) is 2. The highest BCUT2D eigenvalue weighted by atomic mass is 32.2. The predicted octanol–water partition coefficient (Wildman–Crippen LogP) is 5.69. The van der Waals surface area contributed by atoms with Crippen molar-refractivity contribution in [2.24, 2.45) is 11.8 Å². The molecule has 0 bridgehead atoms. The van der Waals surface area contributed by atoms with Gasteiger partial charge in [0.05, 0.1) is 10.6 Å². The Hall–Kier alpha value is -2.29. The van der Waals surface area contributed by atoms with E-state index in [9.17, 15) is 8.42 Å². The normalized spacial score (nSPS) is 14.3. The molecular formula is C32H44O5SSi. The van der Waals surface area contributed by atoms with E-state index in [1.165, 1.54) is 10.4 Å². The molecule has 0 amide bonds. The van der Waals surface area contributed by atoms with Crippen LogP contribution in [0.4, 0.5) is 0 Å². The van der Waals surface area contributed by atoms with Gasteiger partial charge in [-0.25, -0.2) is 8.42 Å². The Morgan fingerprint density at radius 3 is 1.64 bits per heavy atom. The van der Waals surface area contributed by atoms with Crippen LogP contribution in [0.2, 0.25) is 5.04 Å². The predicted molar refractivity (Wildman–Crippen MR) is 162 cm³/mol. The van der Waals surface area contributed by atoms with E-state index in [4.69, 9.17) is 13.9 Å². The van der Waals surface area contributed by atoms with Crippen molar-refractivity contribution in [2.45, 2.75) is 56.8 Å². The van der Waals surface area contributed by atoms with Gasteiger partial charge in [-0.1, -0.05) is 107 Å². The molecule has 0 saturated carbocycles. The highest BCUT2D eigenvalue weighted by molar-refractivity contribution is 7.91. The van der Waals surface area contributed by atoms with Gasteiger partial charge in [-0.3, -0.25) is 0 Å². The fraction of sp³-hybridized carbons (Fsp3) is 0.438. The van der Waals surface area contributed by atoms with Crippen LogP contribution in [0.25, 0.3) is 0 Å². The first-order valence-electron chi connectivity index (χ1n) is 13.6. The Morgan fingerprint density at radius 2 is 1.21 bits per heavy atom. The number of hydrogen-bond acceptors (Lipinski definition) is 5. The molecule has 7 heteroatoms. The Balaban J connectivity index is 1.88. The van der Waals surface area contributed by atoms with Crippen molar-refractivity contribution in [2.75, 3.05) is 26.6 Å². The minimum atomic E-state index is -3.46. The molecule has 0 aromatic heterocycles. The molecule has 212 valence electrons. The van der Waals surface area contributed by atoms with Gasteiger partial charge in [0.2, 0.25) is 0 Å². The van der Waals surface area contributed by atoms with Crippen LogP contribution in [0.3, 0.4) is 0 Å². The van der Waals surface area contributed by atoms with E-state index in [-0.39, 0.29) is 22.6 Å². The molecule has 0 aliphatic rings. The fourth-order valence-corrected chi connectivity index (χ4v) is 11.8. The second-order valence-electron chi connectivity index (χ2n) is 11.4. The van der Waals surface area contributed by atoms with Crippen LogP contribution in [0.1, 0.15) is 40.5 Å². The summed E-state index contributed by atoms with van der Waals surface area (Å²) in [6.45, 7) is 9.47. The standard InChI is InChI=1S/C32H44O5SSi/c1-26(22-27(23-31(35-5)36-6)25-38(33,34)28-16-10-7-11-17-28)24-37-39(32(2,3)4,29-18-12-8-13-19-29)30-20-14-9-15-21-30/h7-21,26-27,31H,22-25H2,1-6H3/t26-,27-/m1/s1. The van der Waals surface area contributed by atoms with Gasteiger partial charge in [0, 0.05) is 27.2 Å². The zero-order chi connectivity index (χ0) is 28.5. The van der Waals surface area contributed by atoms with Crippen LogP contribution in [0.15, 0.2) is 95.9 Å². The van der Waals surface area contributed by atoms with Gasteiger partial charge in [-0.05, 0) is 45.8 Å². The molecule has 0 unspecified atom stereocenters. The third-order valence-electron chi connectivity index (χ3n) is 7.35. The highest BCUT2D eigenvalue weighted by Crippen LogP contribution is 2.37. The Labute approximate surface area is 236 Å². The highest BCUT2D eigenvalue weighted by Gasteiger charge is 2.50. The Bertz CT molecular complexity index is 1180. The van der Waals surface area contributed by atoms with E-state index < -0.39 is 24.4 Å². The molecule has 39 heavy (non-hydrogen) atoms. The fourth-order valence-electron chi connectivity index (χ4n) is 5.49. The first kappa shape index (κ1) is 31.2. The zero-order valence-corrected chi connectivity index (χ0v) is 26.0. The Kier molecular flexibility index (Phi) is 11.1. The molecule has 0 fully saturated rings. The average molecular weight is 569 g/mol. The number of methoxy groups -OCH3 is 2. The summed E-state index contributed by atoms with van der Waals surface area (Å²) in [6.07, 6.45) is 0.696. The molecule has 3 aromatic carbocycles. The quantitative estimate of drug-likeness (QED) is 0.185. The lowest BCUT2D eigenvalue weighted by Gasteiger charge is -2.43. The molecule has 0 aliphatic heterocycles. The van der Waals surface area contributed by atoms with Crippen LogP contribution < -0.4 is 10.4 Å². The third-order valence-corrected chi connectivity index (χ3v) is 14.3. The Morgan fingerprint density at radius 1 is 0.744 bits per heavy atom. The molecule has 5 nitrogen and oxygen atoms in total. The van der Waals surface area contributed by atoms with Crippen LogP contribution >= 0.6 is 0 Å². The molecule has 3 aromatic rings. The summed E-state index contributed by atoms with van der Waals surface area (Å²) in [5, 5.41) is 2.35. The summed E-state index contributed by atoms with van der Waals surface area (Å²) < 4.78 is 44.6. The van der Waals surface area contributed by atoms with Crippen LogP contribution in [0, 0.1) is 11.8 Å². The van der Waals surface area contributed by atoms with Gasteiger partial charge >= 0.3 is 0 Å². The van der Waals surface area contributed by atoms with E-state index in [2.05, 4.69) is 76.2 Å². The summed E-state index contributed by atoms with van der Waals surface area (Å²) in [6, 6.07) is 29.8. The van der Waals surface area contributed by atoms with E-state index in [0.29, 0.717) is 24.3 Å². The summed E-state index contributed by atoms with van der Waals surface area (Å²) >= 11 is 0. The molecule has 0 N–H and O–H groups in total. The van der Waals surface area contributed by atoms with Crippen molar-refractivity contribution in [1.82, 2.24) is 0 Å². The van der Waals surface area contributed by atoms with Gasteiger partial charge in [0.25, 0.3) is 8.32 Å². The second kappa shape index (κ2) is 13.9. The van der Waals surface area contributed by atoms with E-state index in [1.54, 1.807) is 38.5 Å². The maximum absolute atomic E-state index is 13.3. The topological polar surface area (TPSA) is 61.8 Å². The van der Waals surface area contributed by atoms with Gasteiger partial charge in [0.15, 0.2) is 16.1 Å². The molecule has 0 radical (unpaired) electrons. The molecule has 0 heterocycles. The van der Waals surface area contributed by atoms with E-state index in [0.717, 1.165) is 0 Å². The minimum Gasteiger partial charge on any atom is -0.407 e. The van der Waals surface area contributed by atoms with Crippen LogP contribution in [-0.2, 0) is 23.7 Å². The average Bonchev–Trinajstić information content (AvgIpc) is 2.92. The number of sulfone groups is 1. The van der Waals surface area contributed by atoms with Crippen molar-refractivity contribution in [1.29, 1.82) is 0 Å². The van der Waals surface area contributed by atoms with Gasteiger partial charge < -0.3 is 13.9 Å². The van der Waals surface area contributed by atoms with Crippen molar-refractivity contribution in [3.63, 3.8) is 0 Å². The van der Waals surface area contributed by atoms with Crippen LogP contribution in [-0.4, -0.2) is 49.6 Å². The van der Waals surface area contributed by atoms with Gasteiger partial charge in [-0.15, -0.1) is 0 Å². The van der Waals surface area contributed by atoms with Gasteiger partial charge in [-0.2, -0.15) is 0 Å². The van der Waals surface area contributed by atoms with Crippen molar-refractivity contribution in [3.8, 4) is 0 Å². The summed E-state index contributed by atoms with van der Waals surface area (Å²) in [5.41, 5.74) is 0. The van der Waals surface area contributed by atoms with E-state index in [1.807, 2.05) is 18.2 Å². The first-order chi connectivity index (χ1) is 18.5. The SMILES string of the molecule is COC(C[C@@H](C[C@@H](C)CO[Si](c1ccccc1)(c1ccccc1)C(C)(C)C)CS(=O)(=O)c1ccccc1)OC. The number of benzene rings is 3. The molecule has 0 saturated heterocycles. The maximum atomic E-state index is 13.3. The van der Waals surface area contributed by atoms with E-state index >= 15 is 0 Å². The van der Waals surface area contributed by atoms with Gasteiger partial charge in [0.1, 0.15) is 0 Å². The molecule has 0 aliphatic carbocycles. The zero-order valence-electron chi connectivity index (χ0n) is 24.2. The van der Waals surface area contributed by atoms with Crippen molar-refractivity contribution >= 4 is 28.5 Å². The lowest BCUT2D eigenvalue weighted by molar-refractivity contribution is -0.113. The second-order valence-corrected chi connectivity index (χ2v) is 17.8. The third kappa shape index (κ3) is 7.89. The lowest BCUT2D eigenvalue weighted by Crippen LogP contribution is -2.66. The molecule has 3 rings (SSSR count). The molecule has 2 atom stereocenters. The smallest absolute Gasteiger partial charge is 0.261 e. The maximum Gasteiger partial charge on any atom is 0.261 e. The van der Waals surface area contributed by atoms with Crippen molar-refractivity contribution in [3.05, 3.63) is 91.0 Å². The van der Waals surface area contributed by atoms with Crippen molar-refractivity contribution < 1.29 is 22.3 Å². The summed E-state index contributed by atoms with van der Waals surface area (Å²) in [5.74, 6) is -0.00102. The largest absolute Gasteiger partial charge is 0.407 e. The first-order valence-corrected chi connectivity index (χ1v) is 17.2. The summed E-state index contributed by atoms with van der Waals surface area (Å²) in [4.78, 5) is 0.345. The minimum absolute atomic E-state index is 0.0315. The lowest BCUT2D eigenvalue weighted by atomic mass is 9.95.